The Balaban J connectivity index is 0.000000701. The quantitative estimate of drug-likeness (QED) is 0.834. The van der Waals surface area contributed by atoms with Crippen molar-refractivity contribution in [2.45, 2.75) is 33.1 Å². The predicted molar refractivity (Wildman–Crippen MR) is 96.4 cm³/mol. The van der Waals surface area contributed by atoms with Gasteiger partial charge in [-0.15, -0.1) is 0 Å². The Labute approximate surface area is 147 Å². The van der Waals surface area contributed by atoms with E-state index < -0.39 is 5.92 Å². The number of ether oxygens (including phenoxy) is 1. The van der Waals surface area contributed by atoms with E-state index in [-0.39, 0.29) is 23.2 Å². The van der Waals surface area contributed by atoms with Gasteiger partial charge in [0, 0.05) is 29.9 Å². The molecule has 0 aliphatic carbocycles. The Morgan fingerprint density at radius 3 is 2.44 bits per heavy atom. The van der Waals surface area contributed by atoms with Crippen molar-refractivity contribution in [1.82, 2.24) is 4.98 Å². The van der Waals surface area contributed by atoms with E-state index >= 15 is 0 Å². The van der Waals surface area contributed by atoms with Crippen LogP contribution >= 0.6 is 0 Å². The van der Waals surface area contributed by atoms with E-state index in [0.717, 1.165) is 0 Å². The molecule has 2 N–H and O–H groups in total. The monoisotopic (exact) mass is 344 g/mol. The lowest BCUT2D eigenvalue weighted by Crippen LogP contribution is -2.29. The Morgan fingerprint density at radius 1 is 1.16 bits per heavy atom. The topological polar surface area (TPSA) is 82.9 Å². The zero-order valence-corrected chi connectivity index (χ0v) is 15.0. The zero-order chi connectivity index (χ0) is 18.6. The minimum Gasteiger partial charge on any atom is -0.507 e. The number of likely N-dealkylation sites (N-methyl/N-ethyl adjacent to an activating group) is 1. The fourth-order valence-electron chi connectivity index (χ4n) is 2.83. The number of carbonyl (C=O) groups is 1. The minimum atomic E-state index is -0.680. The molecule has 2 heterocycles. The van der Waals surface area contributed by atoms with E-state index in [4.69, 9.17) is 4.74 Å². The van der Waals surface area contributed by atoms with Gasteiger partial charge in [0.15, 0.2) is 11.5 Å². The van der Waals surface area contributed by atoms with E-state index in [1.165, 1.54) is 25.7 Å². The molecule has 1 aromatic carbocycles. The van der Waals surface area contributed by atoms with Crippen molar-refractivity contribution in [3.8, 4) is 17.2 Å². The number of phenolic OH excluding ortho intramolecular Hbond substituents is 2. The molecule has 0 saturated carbocycles. The van der Waals surface area contributed by atoms with Crippen molar-refractivity contribution in [3.05, 3.63) is 41.6 Å². The van der Waals surface area contributed by atoms with Gasteiger partial charge < -0.3 is 14.9 Å². The first-order chi connectivity index (χ1) is 12.0. The second-order valence-electron chi connectivity index (χ2n) is 5.72. The van der Waals surface area contributed by atoms with Crippen LogP contribution in [0.25, 0.3) is 0 Å². The maximum absolute atomic E-state index is 12.7. The number of pyridine rings is 1. The summed E-state index contributed by atoms with van der Waals surface area (Å²) in [4.78, 5) is 18.5. The predicted octanol–water partition coefficient (Wildman–Crippen LogP) is 3.42. The van der Waals surface area contributed by atoms with Gasteiger partial charge in [0.2, 0.25) is 5.91 Å². The van der Waals surface area contributed by atoms with Gasteiger partial charge in [0.25, 0.3) is 0 Å². The smallest absolute Gasteiger partial charge is 0.240 e. The lowest BCUT2D eigenvalue weighted by atomic mass is 9.92. The van der Waals surface area contributed by atoms with Crippen LogP contribution < -0.4 is 9.64 Å². The minimum absolute atomic E-state index is 0.0965. The standard InChI is InChI=1S/C16H16N2O4.C3H8/c1-3-18-15-9(5-4-6-17-15)14(16(18)21)10-7-12(20)13(22-2)8-11(10)19;1-3-2/h4-8,14,19-20H,3H2,1-2H3;3H2,1-2H3. The Hall–Kier alpha value is -2.76. The van der Waals surface area contributed by atoms with Crippen LogP contribution in [0.2, 0.25) is 0 Å². The van der Waals surface area contributed by atoms with E-state index in [1.807, 2.05) is 6.92 Å². The normalized spacial score (nSPS) is 15.4. The number of fused-ring (bicyclic) bond motifs is 1. The Morgan fingerprint density at radius 2 is 1.84 bits per heavy atom. The van der Waals surface area contributed by atoms with E-state index in [2.05, 4.69) is 18.8 Å². The van der Waals surface area contributed by atoms with Gasteiger partial charge in [-0.3, -0.25) is 9.69 Å². The molecule has 1 aromatic heterocycles. The van der Waals surface area contributed by atoms with Gasteiger partial charge in [0.1, 0.15) is 11.6 Å². The number of amides is 1. The Kier molecular flexibility index (Phi) is 5.85. The number of benzene rings is 1. The van der Waals surface area contributed by atoms with Crippen molar-refractivity contribution in [3.63, 3.8) is 0 Å². The van der Waals surface area contributed by atoms with Gasteiger partial charge in [-0.2, -0.15) is 0 Å². The van der Waals surface area contributed by atoms with Crippen molar-refractivity contribution in [1.29, 1.82) is 0 Å². The number of nitrogens with zero attached hydrogens (tertiary/aromatic N) is 2. The molecule has 1 atom stereocenters. The molecule has 25 heavy (non-hydrogen) atoms. The summed E-state index contributed by atoms with van der Waals surface area (Å²) in [6, 6.07) is 6.23. The van der Waals surface area contributed by atoms with Crippen molar-refractivity contribution >= 4 is 11.7 Å². The van der Waals surface area contributed by atoms with Gasteiger partial charge in [-0.25, -0.2) is 4.98 Å². The lowest BCUT2D eigenvalue weighted by molar-refractivity contribution is -0.118. The molecule has 2 aromatic rings. The molecule has 0 saturated heterocycles. The summed E-state index contributed by atoms with van der Waals surface area (Å²) in [6.45, 7) is 6.60. The number of rotatable bonds is 3. The number of aromatic nitrogens is 1. The largest absolute Gasteiger partial charge is 0.507 e. The van der Waals surface area contributed by atoms with Crippen molar-refractivity contribution in [2.24, 2.45) is 0 Å². The third kappa shape index (κ3) is 3.38. The van der Waals surface area contributed by atoms with E-state index in [9.17, 15) is 15.0 Å². The summed E-state index contributed by atoms with van der Waals surface area (Å²) in [6.07, 6.45) is 2.88. The summed E-state index contributed by atoms with van der Waals surface area (Å²) in [5.41, 5.74) is 1.06. The van der Waals surface area contributed by atoms with Gasteiger partial charge in [0.05, 0.1) is 13.0 Å². The zero-order valence-electron chi connectivity index (χ0n) is 15.0. The van der Waals surface area contributed by atoms with Crippen LogP contribution in [0.1, 0.15) is 44.2 Å². The molecule has 6 heteroatoms. The average molecular weight is 344 g/mol. The van der Waals surface area contributed by atoms with Crippen LogP contribution in [-0.4, -0.2) is 34.8 Å². The second kappa shape index (κ2) is 7.88. The average Bonchev–Trinajstić information content (AvgIpc) is 2.88. The third-order valence-corrected chi connectivity index (χ3v) is 3.85. The molecule has 0 spiro atoms. The number of anilines is 1. The SMILES string of the molecule is CCC.CCN1C(=O)C(c2cc(O)c(OC)cc2O)c2cccnc21. The van der Waals surface area contributed by atoms with E-state index in [0.29, 0.717) is 23.5 Å². The molecular formula is C19H24N2O4. The maximum atomic E-state index is 12.7. The van der Waals surface area contributed by atoms with Gasteiger partial charge >= 0.3 is 0 Å². The van der Waals surface area contributed by atoms with Crippen LogP contribution in [0.5, 0.6) is 17.2 Å². The van der Waals surface area contributed by atoms with E-state index in [1.54, 1.807) is 23.2 Å². The maximum Gasteiger partial charge on any atom is 0.240 e. The fourth-order valence-corrected chi connectivity index (χ4v) is 2.83. The van der Waals surface area contributed by atoms with Gasteiger partial charge in [-0.05, 0) is 19.1 Å². The Bertz CT molecular complexity index is 761. The van der Waals surface area contributed by atoms with Crippen molar-refractivity contribution in [2.75, 3.05) is 18.6 Å². The first-order valence-corrected chi connectivity index (χ1v) is 8.36. The number of hydrogen-bond donors (Lipinski definition) is 2. The lowest BCUT2D eigenvalue weighted by Gasteiger charge is -2.16. The van der Waals surface area contributed by atoms with Gasteiger partial charge in [-0.1, -0.05) is 26.3 Å². The highest BCUT2D eigenvalue weighted by molar-refractivity contribution is 6.06. The van der Waals surface area contributed by atoms with Crippen molar-refractivity contribution < 1.29 is 19.7 Å². The molecule has 1 amide bonds. The number of carbonyl (C=O) groups excluding carboxylic acids is 1. The molecule has 0 fully saturated rings. The molecule has 3 rings (SSSR count). The molecule has 0 bridgehead atoms. The first-order valence-electron chi connectivity index (χ1n) is 8.36. The second-order valence-corrected chi connectivity index (χ2v) is 5.72. The van der Waals surface area contributed by atoms with Crippen LogP contribution in [0, 0.1) is 0 Å². The summed E-state index contributed by atoms with van der Waals surface area (Å²) in [7, 11) is 1.40. The molecule has 1 aliphatic rings. The first kappa shape index (κ1) is 18.6. The molecule has 6 nitrogen and oxygen atoms in total. The highest BCUT2D eigenvalue weighted by Gasteiger charge is 2.40. The number of phenols is 2. The number of hydrogen-bond acceptors (Lipinski definition) is 5. The summed E-state index contributed by atoms with van der Waals surface area (Å²) in [5, 5.41) is 20.2. The van der Waals surface area contributed by atoms with Crippen LogP contribution in [0.4, 0.5) is 5.82 Å². The molecule has 134 valence electrons. The highest BCUT2D eigenvalue weighted by atomic mass is 16.5. The summed E-state index contributed by atoms with van der Waals surface area (Å²) < 4.78 is 4.96. The highest BCUT2D eigenvalue weighted by Crippen LogP contribution is 2.45. The number of aromatic hydroxyl groups is 2. The summed E-state index contributed by atoms with van der Waals surface area (Å²) >= 11 is 0. The fraction of sp³-hybridized carbons (Fsp3) is 0.368. The van der Waals surface area contributed by atoms with Crippen LogP contribution in [-0.2, 0) is 4.79 Å². The molecular weight excluding hydrogens is 320 g/mol. The molecule has 0 radical (unpaired) electrons. The summed E-state index contributed by atoms with van der Waals surface area (Å²) in [5.74, 6) is -0.319. The number of methoxy groups -OCH3 is 1. The molecule has 1 aliphatic heterocycles. The van der Waals surface area contributed by atoms with Crippen LogP contribution in [0.3, 0.4) is 0 Å². The molecule has 1 unspecified atom stereocenters. The third-order valence-electron chi connectivity index (χ3n) is 3.85. The van der Waals surface area contributed by atoms with Crippen LogP contribution in [0.15, 0.2) is 30.5 Å².